The van der Waals surface area contributed by atoms with Gasteiger partial charge in [-0.2, -0.15) is 0 Å². The van der Waals surface area contributed by atoms with Crippen LogP contribution in [0.4, 0.5) is 0 Å². The van der Waals surface area contributed by atoms with Gasteiger partial charge in [0, 0.05) is 12.4 Å². The molecule has 1 aromatic carbocycles. The molecule has 0 radical (unpaired) electrons. The molecule has 0 amide bonds. The summed E-state index contributed by atoms with van der Waals surface area (Å²) in [6, 6.07) is 7.93. The second kappa shape index (κ2) is 4.29. The van der Waals surface area contributed by atoms with E-state index in [4.69, 9.17) is 0 Å². The summed E-state index contributed by atoms with van der Waals surface area (Å²) < 4.78 is 0. The molecule has 0 N–H and O–H groups in total. The molecule has 0 aliphatic heterocycles. The van der Waals surface area contributed by atoms with Gasteiger partial charge >= 0.3 is 0 Å². The summed E-state index contributed by atoms with van der Waals surface area (Å²) >= 11 is 0. The van der Waals surface area contributed by atoms with Crippen molar-refractivity contribution in [3.05, 3.63) is 54.8 Å². The van der Waals surface area contributed by atoms with Crippen LogP contribution in [-0.2, 0) is 0 Å². The lowest BCUT2D eigenvalue weighted by Gasteiger charge is -1.96. The fourth-order valence-electron chi connectivity index (χ4n) is 0.947. The average molecular weight is 157 g/mol. The van der Waals surface area contributed by atoms with Gasteiger partial charge in [0.25, 0.3) is 0 Å². The second-order valence-electron chi connectivity index (χ2n) is 2.29. The van der Waals surface area contributed by atoms with E-state index in [1.54, 1.807) is 6.21 Å². The molecule has 0 aromatic heterocycles. The van der Waals surface area contributed by atoms with E-state index in [0.29, 0.717) is 0 Å². The molecule has 0 fully saturated rings. The summed E-state index contributed by atoms with van der Waals surface area (Å²) in [5, 5.41) is 0. The normalized spacial score (nSPS) is 10.0. The number of nitrogens with zero attached hydrogens (tertiary/aromatic N) is 1. The SMILES string of the molecule is C=C/N=C\c1ccccc1C=C. The van der Waals surface area contributed by atoms with E-state index in [0.717, 1.165) is 11.1 Å². The van der Waals surface area contributed by atoms with Crippen LogP contribution >= 0.6 is 0 Å². The van der Waals surface area contributed by atoms with Gasteiger partial charge in [0.15, 0.2) is 0 Å². The Morgan fingerprint density at radius 1 is 1.08 bits per heavy atom. The maximum absolute atomic E-state index is 3.94. The molecule has 0 unspecified atom stereocenters. The van der Waals surface area contributed by atoms with Crippen molar-refractivity contribution in [3.8, 4) is 0 Å². The van der Waals surface area contributed by atoms with Crippen LogP contribution in [-0.4, -0.2) is 6.21 Å². The molecule has 0 spiro atoms. The van der Waals surface area contributed by atoms with E-state index < -0.39 is 0 Å². The molecular weight excluding hydrogens is 146 g/mol. The molecule has 60 valence electrons. The summed E-state index contributed by atoms with van der Waals surface area (Å²) in [6.45, 7) is 7.22. The van der Waals surface area contributed by atoms with Gasteiger partial charge in [-0.05, 0) is 11.1 Å². The lowest BCUT2D eigenvalue weighted by Crippen LogP contribution is -1.84. The molecule has 1 rings (SSSR count). The average Bonchev–Trinajstić information content (AvgIpc) is 2.15. The van der Waals surface area contributed by atoms with E-state index >= 15 is 0 Å². The Kier molecular flexibility index (Phi) is 3.03. The highest BCUT2D eigenvalue weighted by molar-refractivity contribution is 5.85. The molecule has 1 aromatic rings. The van der Waals surface area contributed by atoms with E-state index in [1.807, 2.05) is 30.3 Å². The van der Waals surface area contributed by atoms with Gasteiger partial charge in [0.05, 0.1) is 0 Å². The monoisotopic (exact) mass is 157 g/mol. The highest BCUT2D eigenvalue weighted by atomic mass is 14.7. The Morgan fingerprint density at radius 3 is 2.33 bits per heavy atom. The third-order valence-electron chi connectivity index (χ3n) is 1.53. The summed E-state index contributed by atoms with van der Waals surface area (Å²) in [4.78, 5) is 3.94. The van der Waals surface area contributed by atoms with Crippen LogP contribution in [0.5, 0.6) is 0 Å². The van der Waals surface area contributed by atoms with Gasteiger partial charge in [0.2, 0.25) is 0 Å². The Labute approximate surface area is 72.8 Å². The van der Waals surface area contributed by atoms with Crippen molar-refractivity contribution in [2.45, 2.75) is 0 Å². The van der Waals surface area contributed by atoms with Crippen molar-refractivity contribution in [1.29, 1.82) is 0 Å². The van der Waals surface area contributed by atoms with Crippen LogP contribution < -0.4 is 0 Å². The smallest absolute Gasteiger partial charge is 0.0346 e. The van der Waals surface area contributed by atoms with E-state index in [1.165, 1.54) is 6.20 Å². The zero-order valence-electron chi connectivity index (χ0n) is 6.90. The molecule has 0 bridgehead atoms. The summed E-state index contributed by atoms with van der Waals surface area (Å²) in [6.07, 6.45) is 5.09. The van der Waals surface area contributed by atoms with Gasteiger partial charge in [0.1, 0.15) is 0 Å². The molecule has 0 aliphatic rings. The minimum absolute atomic E-state index is 1.06. The largest absolute Gasteiger partial charge is 0.265 e. The molecule has 1 heteroatoms. The molecule has 0 atom stereocenters. The van der Waals surface area contributed by atoms with Crippen molar-refractivity contribution >= 4 is 12.3 Å². The number of benzene rings is 1. The number of rotatable bonds is 3. The number of aliphatic imine (C=N–C) groups is 1. The van der Waals surface area contributed by atoms with Crippen LogP contribution in [0, 0.1) is 0 Å². The molecule has 0 heterocycles. The molecule has 0 saturated heterocycles. The lowest BCUT2D eigenvalue weighted by atomic mass is 10.1. The van der Waals surface area contributed by atoms with Gasteiger partial charge in [-0.15, -0.1) is 0 Å². The van der Waals surface area contributed by atoms with Crippen molar-refractivity contribution in [3.63, 3.8) is 0 Å². The Morgan fingerprint density at radius 2 is 1.75 bits per heavy atom. The molecule has 1 nitrogen and oxygen atoms in total. The van der Waals surface area contributed by atoms with Crippen LogP contribution in [0.3, 0.4) is 0 Å². The van der Waals surface area contributed by atoms with Gasteiger partial charge in [-0.3, -0.25) is 4.99 Å². The quantitative estimate of drug-likeness (QED) is 0.598. The Hall–Kier alpha value is -1.63. The predicted molar refractivity (Wildman–Crippen MR) is 54.3 cm³/mol. The van der Waals surface area contributed by atoms with Crippen LogP contribution in [0.2, 0.25) is 0 Å². The third-order valence-corrected chi connectivity index (χ3v) is 1.53. The number of hydrogen-bond donors (Lipinski definition) is 0. The zero-order chi connectivity index (χ0) is 8.81. The van der Waals surface area contributed by atoms with E-state index in [-0.39, 0.29) is 0 Å². The minimum atomic E-state index is 1.06. The van der Waals surface area contributed by atoms with Crippen molar-refractivity contribution in [2.24, 2.45) is 4.99 Å². The number of hydrogen-bond acceptors (Lipinski definition) is 1. The van der Waals surface area contributed by atoms with E-state index in [9.17, 15) is 0 Å². The molecule has 0 saturated carbocycles. The van der Waals surface area contributed by atoms with Crippen molar-refractivity contribution in [1.82, 2.24) is 0 Å². The van der Waals surface area contributed by atoms with Crippen LogP contribution in [0.25, 0.3) is 6.08 Å². The van der Waals surface area contributed by atoms with Gasteiger partial charge in [-0.25, -0.2) is 0 Å². The van der Waals surface area contributed by atoms with Gasteiger partial charge in [-0.1, -0.05) is 43.5 Å². The lowest BCUT2D eigenvalue weighted by molar-refractivity contribution is 1.57. The fraction of sp³-hybridized carbons (Fsp3) is 0. The van der Waals surface area contributed by atoms with Crippen molar-refractivity contribution < 1.29 is 0 Å². The Bertz CT molecular complexity index is 311. The first-order valence-electron chi connectivity index (χ1n) is 3.74. The third kappa shape index (κ3) is 1.92. The van der Waals surface area contributed by atoms with Crippen LogP contribution in [0.15, 0.2) is 48.6 Å². The van der Waals surface area contributed by atoms with Gasteiger partial charge < -0.3 is 0 Å². The Balaban J connectivity index is 3.04. The topological polar surface area (TPSA) is 12.4 Å². The summed E-state index contributed by atoms with van der Waals surface area (Å²) in [7, 11) is 0. The maximum atomic E-state index is 3.94. The second-order valence-corrected chi connectivity index (χ2v) is 2.29. The van der Waals surface area contributed by atoms with Crippen LogP contribution in [0.1, 0.15) is 11.1 Å². The first-order valence-corrected chi connectivity index (χ1v) is 3.74. The first-order chi connectivity index (χ1) is 5.88. The summed E-state index contributed by atoms with van der Waals surface area (Å²) in [5.74, 6) is 0. The minimum Gasteiger partial charge on any atom is -0.265 e. The predicted octanol–water partition coefficient (Wildman–Crippen LogP) is 2.89. The fourth-order valence-corrected chi connectivity index (χ4v) is 0.947. The maximum Gasteiger partial charge on any atom is 0.0346 e. The van der Waals surface area contributed by atoms with E-state index in [2.05, 4.69) is 18.2 Å². The first kappa shape index (κ1) is 8.47. The highest BCUT2D eigenvalue weighted by Gasteiger charge is 1.91. The molecular formula is C11H11N. The molecule has 12 heavy (non-hydrogen) atoms. The zero-order valence-corrected chi connectivity index (χ0v) is 6.90. The van der Waals surface area contributed by atoms with Crippen molar-refractivity contribution in [2.75, 3.05) is 0 Å². The summed E-state index contributed by atoms with van der Waals surface area (Å²) in [5.41, 5.74) is 2.15. The standard InChI is InChI=1S/C11H11N/c1-3-10-7-5-6-8-11(10)9-12-4-2/h3-9H,1-2H2/b12-9-. The highest BCUT2D eigenvalue weighted by Crippen LogP contribution is 2.06. The molecule has 0 aliphatic carbocycles.